The zero-order chi connectivity index (χ0) is 19.5. The summed E-state index contributed by atoms with van der Waals surface area (Å²) in [7, 11) is 1.64. The van der Waals surface area contributed by atoms with Crippen molar-refractivity contribution in [1.82, 2.24) is 15.0 Å². The number of likely N-dealkylation sites (tertiary alicyclic amines) is 1. The first-order valence-corrected chi connectivity index (χ1v) is 9.19. The molecule has 0 saturated carbocycles. The Labute approximate surface area is 163 Å². The highest BCUT2D eigenvalue weighted by Crippen LogP contribution is 2.27. The molecule has 1 saturated heterocycles. The van der Waals surface area contributed by atoms with Crippen LogP contribution in [-0.4, -0.2) is 41.3 Å². The van der Waals surface area contributed by atoms with Gasteiger partial charge in [-0.05, 0) is 30.7 Å². The van der Waals surface area contributed by atoms with Crippen LogP contribution in [-0.2, 0) is 6.42 Å². The molecule has 7 heteroatoms. The van der Waals surface area contributed by atoms with Crippen LogP contribution < -0.4 is 10.1 Å². The summed E-state index contributed by atoms with van der Waals surface area (Å²) in [6, 6.07) is 15.4. The van der Waals surface area contributed by atoms with Crippen molar-refractivity contribution >= 4 is 11.7 Å². The van der Waals surface area contributed by atoms with Gasteiger partial charge in [-0.25, -0.2) is 4.79 Å². The van der Waals surface area contributed by atoms with E-state index in [0.29, 0.717) is 31.2 Å². The van der Waals surface area contributed by atoms with Crippen molar-refractivity contribution in [3.05, 3.63) is 71.4 Å². The average Bonchev–Trinajstić information content (AvgIpc) is 3.09. The van der Waals surface area contributed by atoms with Gasteiger partial charge in [0, 0.05) is 30.8 Å². The van der Waals surface area contributed by atoms with Gasteiger partial charge in [0.25, 0.3) is 0 Å². The Morgan fingerprint density at radius 1 is 1.25 bits per heavy atom. The van der Waals surface area contributed by atoms with Crippen molar-refractivity contribution < 1.29 is 14.1 Å². The van der Waals surface area contributed by atoms with E-state index in [1.807, 2.05) is 55.5 Å². The number of carbonyl (C=O) groups is 1. The molecule has 2 heterocycles. The molecule has 0 spiro atoms. The number of urea groups is 1. The number of benzene rings is 2. The fourth-order valence-corrected chi connectivity index (χ4v) is 3.25. The molecule has 1 fully saturated rings. The van der Waals surface area contributed by atoms with E-state index in [0.717, 1.165) is 22.6 Å². The van der Waals surface area contributed by atoms with Crippen LogP contribution >= 0.6 is 0 Å². The van der Waals surface area contributed by atoms with Gasteiger partial charge in [0.15, 0.2) is 5.82 Å². The molecule has 1 aliphatic rings. The van der Waals surface area contributed by atoms with Gasteiger partial charge in [-0.3, -0.25) is 0 Å². The lowest BCUT2D eigenvalue weighted by atomic mass is 10.0. The smallest absolute Gasteiger partial charge is 0.321 e. The number of rotatable bonds is 5. The van der Waals surface area contributed by atoms with E-state index in [-0.39, 0.29) is 11.9 Å². The number of carbonyl (C=O) groups excluding carboxylic acids is 1. The van der Waals surface area contributed by atoms with Crippen molar-refractivity contribution in [1.29, 1.82) is 0 Å². The predicted octanol–water partition coefficient (Wildman–Crippen LogP) is 3.61. The maximum Gasteiger partial charge on any atom is 0.321 e. The van der Waals surface area contributed by atoms with Crippen molar-refractivity contribution in [2.45, 2.75) is 19.3 Å². The van der Waals surface area contributed by atoms with Crippen LogP contribution in [0.25, 0.3) is 0 Å². The number of aryl methyl sites for hydroxylation is 1. The maximum absolute atomic E-state index is 12.3. The molecule has 7 nitrogen and oxygen atoms in total. The molecule has 0 radical (unpaired) electrons. The zero-order valence-electron chi connectivity index (χ0n) is 15.9. The lowest BCUT2D eigenvalue weighted by molar-refractivity contribution is 0.147. The fraction of sp³-hybridized carbons (Fsp3) is 0.286. The number of amides is 2. The van der Waals surface area contributed by atoms with E-state index in [1.54, 1.807) is 12.0 Å². The number of nitrogens with zero attached hydrogens (tertiary/aromatic N) is 3. The molecule has 0 aliphatic carbocycles. The highest BCUT2D eigenvalue weighted by atomic mass is 16.5. The first-order chi connectivity index (χ1) is 13.6. The normalized spacial score (nSPS) is 13.9. The Morgan fingerprint density at radius 3 is 2.86 bits per heavy atom. The van der Waals surface area contributed by atoms with Gasteiger partial charge in [-0.2, -0.15) is 4.98 Å². The molecule has 28 heavy (non-hydrogen) atoms. The fourth-order valence-electron chi connectivity index (χ4n) is 3.25. The van der Waals surface area contributed by atoms with Crippen LogP contribution in [0.2, 0.25) is 0 Å². The third-order valence-corrected chi connectivity index (χ3v) is 4.81. The van der Waals surface area contributed by atoms with Crippen LogP contribution in [0.1, 0.15) is 28.8 Å². The topological polar surface area (TPSA) is 80.5 Å². The van der Waals surface area contributed by atoms with Crippen LogP contribution in [0, 0.1) is 6.92 Å². The monoisotopic (exact) mass is 378 g/mol. The largest absolute Gasteiger partial charge is 0.496 e. The van der Waals surface area contributed by atoms with E-state index in [2.05, 4.69) is 15.5 Å². The number of methoxy groups -OCH3 is 1. The molecule has 1 N–H and O–H groups in total. The molecule has 0 atom stereocenters. The van der Waals surface area contributed by atoms with Crippen molar-refractivity contribution in [3.8, 4) is 5.75 Å². The SMILES string of the molecule is COc1ccccc1Cc1noc(C2CN(C(=O)Nc3cccc(C)c3)C2)n1. The summed E-state index contributed by atoms with van der Waals surface area (Å²) in [6.45, 7) is 3.12. The number of aromatic nitrogens is 2. The van der Waals surface area contributed by atoms with E-state index in [1.165, 1.54) is 0 Å². The van der Waals surface area contributed by atoms with Gasteiger partial charge < -0.3 is 19.5 Å². The predicted molar refractivity (Wildman–Crippen MR) is 105 cm³/mol. The van der Waals surface area contributed by atoms with E-state index < -0.39 is 0 Å². The molecule has 3 aromatic rings. The lowest BCUT2D eigenvalue weighted by Gasteiger charge is -2.36. The quantitative estimate of drug-likeness (QED) is 0.734. The van der Waals surface area contributed by atoms with Crippen LogP contribution in [0.4, 0.5) is 10.5 Å². The summed E-state index contributed by atoms with van der Waals surface area (Å²) in [5.41, 5.74) is 2.91. The molecule has 144 valence electrons. The molecule has 1 aliphatic heterocycles. The summed E-state index contributed by atoms with van der Waals surface area (Å²) < 4.78 is 10.8. The minimum Gasteiger partial charge on any atom is -0.496 e. The molecule has 1 aromatic heterocycles. The second-order valence-corrected chi connectivity index (χ2v) is 6.94. The summed E-state index contributed by atoms with van der Waals surface area (Å²) in [4.78, 5) is 18.6. The molecule has 2 aromatic carbocycles. The molecular weight excluding hydrogens is 356 g/mol. The number of hydrogen-bond donors (Lipinski definition) is 1. The van der Waals surface area contributed by atoms with Crippen molar-refractivity contribution in [3.63, 3.8) is 0 Å². The molecular formula is C21H22N4O3. The Bertz CT molecular complexity index is 979. The Hall–Kier alpha value is -3.35. The lowest BCUT2D eigenvalue weighted by Crippen LogP contribution is -2.50. The van der Waals surface area contributed by atoms with Gasteiger partial charge in [0.1, 0.15) is 5.75 Å². The minimum absolute atomic E-state index is 0.0715. The summed E-state index contributed by atoms with van der Waals surface area (Å²) in [5, 5.41) is 6.99. The second-order valence-electron chi connectivity index (χ2n) is 6.94. The Balaban J connectivity index is 1.33. The highest BCUT2D eigenvalue weighted by molar-refractivity contribution is 5.90. The standard InChI is InChI=1S/C21H22N4O3/c1-14-6-5-8-17(10-14)22-21(26)25-12-16(13-25)20-23-19(24-28-20)11-15-7-3-4-9-18(15)27-2/h3-10,16H,11-13H2,1-2H3,(H,22,26). The molecule has 4 rings (SSSR count). The second kappa shape index (κ2) is 7.72. The van der Waals surface area contributed by atoms with E-state index in [9.17, 15) is 4.79 Å². The maximum atomic E-state index is 12.3. The van der Waals surface area contributed by atoms with Gasteiger partial charge >= 0.3 is 6.03 Å². The van der Waals surface area contributed by atoms with Crippen LogP contribution in [0.3, 0.4) is 0 Å². The third kappa shape index (κ3) is 3.83. The number of nitrogens with one attached hydrogen (secondary N) is 1. The summed E-state index contributed by atoms with van der Waals surface area (Å²) in [6.07, 6.45) is 0.539. The van der Waals surface area contributed by atoms with Crippen molar-refractivity contribution in [2.75, 3.05) is 25.5 Å². The van der Waals surface area contributed by atoms with Crippen LogP contribution in [0.5, 0.6) is 5.75 Å². The zero-order valence-corrected chi connectivity index (χ0v) is 15.9. The number of para-hydroxylation sites is 1. The summed E-state index contributed by atoms with van der Waals surface area (Å²) in [5.74, 6) is 2.06. The molecule has 2 amide bonds. The van der Waals surface area contributed by atoms with E-state index >= 15 is 0 Å². The number of anilines is 1. The Morgan fingerprint density at radius 2 is 2.07 bits per heavy atom. The van der Waals surface area contributed by atoms with Gasteiger partial charge in [0.05, 0.1) is 13.0 Å². The average molecular weight is 378 g/mol. The van der Waals surface area contributed by atoms with Gasteiger partial charge in [-0.1, -0.05) is 35.5 Å². The third-order valence-electron chi connectivity index (χ3n) is 4.81. The summed E-state index contributed by atoms with van der Waals surface area (Å²) >= 11 is 0. The van der Waals surface area contributed by atoms with E-state index in [4.69, 9.17) is 9.26 Å². The highest BCUT2D eigenvalue weighted by Gasteiger charge is 2.35. The minimum atomic E-state index is -0.115. The Kier molecular flexibility index (Phi) is 4.97. The number of hydrogen-bond acceptors (Lipinski definition) is 5. The number of ether oxygens (including phenoxy) is 1. The van der Waals surface area contributed by atoms with Gasteiger partial charge in [0.2, 0.25) is 5.89 Å². The molecule has 0 bridgehead atoms. The first kappa shape index (κ1) is 18.0. The first-order valence-electron chi connectivity index (χ1n) is 9.19. The van der Waals surface area contributed by atoms with Gasteiger partial charge in [-0.15, -0.1) is 0 Å². The van der Waals surface area contributed by atoms with Crippen molar-refractivity contribution in [2.24, 2.45) is 0 Å². The molecule has 0 unspecified atom stereocenters. The van der Waals surface area contributed by atoms with Crippen LogP contribution in [0.15, 0.2) is 53.1 Å².